The van der Waals surface area contributed by atoms with E-state index >= 15 is 0 Å². The summed E-state index contributed by atoms with van der Waals surface area (Å²) in [6.07, 6.45) is 1.58. The highest BCUT2D eigenvalue weighted by Gasteiger charge is 2.37. The summed E-state index contributed by atoms with van der Waals surface area (Å²) in [6.45, 7) is 0.352. The highest BCUT2D eigenvalue weighted by atomic mass is 79.9. The van der Waals surface area contributed by atoms with Crippen molar-refractivity contribution in [1.82, 2.24) is 9.13 Å². The third-order valence-electron chi connectivity index (χ3n) is 4.30. The number of hydrogen-bond donors (Lipinski definition) is 0. The zero-order valence-corrected chi connectivity index (χ0v) is 14.1. The number of ether oxygens (including phenoxy) is 2. The van der Waals surface area contributed by atoms with Crippen LogP contribution in [0.4, 0.5) is 0 Å². The van der Waals surface area contributed by atoms with E-state index in [0.717, 1.165) is 25.9 Å². The van der Waals surface area contributed by atoms with Crippen LogP contribution in [0.15, 0.2) is 44.1 Å². The molecule has 7 heteroatoms. The van der Waals surface area contributed by atoms with Crippen molar-refractivity contribution in [2.24, 2.45) is 14.1 Å². The first-order chi connectivity index (χ1) is 11.0. The van der Waals surface area contributed by atoms with E-state index in [2.05, 4.69) is 15.9 Å². The van der Waals surface area contributed by atoms with Crippen LogP contribution in [0.3, 0.4) is 0 Å². The minimum atomic E-state index is -0.410. The number of rotatable bonds is 0. The lowest BCUT2D eigenvalue weighted by molar-refractivity contribution is 0.301. The average Bonchev–Trinajstić information content (AvgIpc) is 2.56. The van der Waals surface area contributed by atoms with Crippen molar-refractivity contribution in [3.05, 3.63) is 66.5 Å². The molecule has 2 aromatic rings. The van der Waals surface area contributed by atoms with E-state index in [1.807, 2.05) is 18.2 Å². The van der Waals surface area contributed by atoms with Crippen LogP contribution in [0.25, 0.3) is 0 Å². The minimum absolute atomic E-state index is 0.273. The fourth-order valence-electron chi connectivity index (χ4n) is 3.14. The normalized spacial score (nSPS) is 18.0. The van der Waals surface area contributed by atoms with Crippen LogP contribution in [0, 0.1) is 0 Å². The third-order valence-corrected chi connectivity index (χ3v) is 4.80. The molecule has 1 atom stereocenters. The molecule has 0 radical (unpaired) electrons. The zero-order valence-electron chi connectivity index (χ0n) is 12.5. The molecule has 23 heavy (non-hydrogen) atoms. The number of fused-ring (bicyclic) bond motifs is 5. The SMILES string of the molecule is Cn1c2c(c(=O)n(C)c1=O)C1C(=CO2)COc2ccc(Br)cc21. The number of halogens is 1. The Morgan fingerprint density at radius 2 is 2.00 bits per heavy atom. The maximum atomic E-state index is 12.7. The van der Waals surface area contributed by atoms with Crippen molar-refractivity contribution in [3.8, 4) is 11.6 Å². The molecule has 1 aromatic heterocycles. The van der Waals surface area contributed by atoms with Crippen LogP contribution in [0.5, 0.6) is 11.6 Å². The summed E-state index contributed by atoms with van der Waals surface area (Å²) in [7, 11) is 3.07. The molecule has 4 rings (SSSR count). The number of hydrogen-bond acceptors (Lipinski definition) is 4. The Balaban J connectivity index is 2.08. The fraction of sp³-hybridized carbons (Fsp3) is 0.250. The standard InChI is InChI=1S/C16H13BrN2O4/c1-18-14(20)13-12-8(7-23-15(13)19(2)16(18)21)6-22-11-4-3-9(17)5-10(11)12/h3-5,7,12H,6H2,1-2H3. The van der Waals surface area contributed by atoms with Crippen molar-refractivity contribution in [1.29, 1.82) is 0 Å². The summed E-state index contributed by atoms with van der Waals surface area (Å²) in [5.74, 6) is 0.754. The van der Waals surface area contributed by atoms with E-state index in [1.165, 1.54) is 11.6 Å². The summed E-state index contributed by atoms with van der Waals surface area (Å²) >= 11 is 3.46. The van der Waals surface area contributed by atoms with Gasteiger partial charge in [-0.25, -0.2) is 4.79 Å². The summed E-state index contributed by atoms with van der Waals surface area (Å²) in [5.41, 5.74) is 1.46. The molecule has 1 aromatic carbocycles. The van der Waals surface area contributed by atoms with Gasteiger partial charge in [-0.3, -0.25) is 13.9 Å². The van der Waals surface area contributed by atoms with Gasteiger partial charge in [0.15, 0.2) is 0 Å². The van der Waals surface area contributed by atoms with E-state index in [4.69, 9.17) is 9.47 Å². The first kappa shape index (κ1) is 14.3. The molecule has 3 heterocycles. The van der Waals surface area contributed by atoms with Crippen LogP contribution >= 0.6 is 15.9 Å². The number of nitrogens with zero attached hydrogens (tertiary/aromatic N) is 2. The van der Waals surface area contributed by atoms with Gasteiger partial charge < -0.3 is 9.47 Å². The van der Waals surface area contributed by atoms with E-state index in [-0.39, 0.29) is 11.5 Å². The third kappa shape index (κ3) is 1.92. The zero-order chi connectivity index (χ0) is 16.3. The van der Waals surface area contributed by atoms with Gasteiger partial charge in [-0.2, -0.15) is 0 Å². The molecule has 2 aliphatic rings. The van der Waals surface area contributed by atoms with Crippen molar-refractivity contribution in [2.45, 2.75) is 5.92 Å². The summed E-state index contributed by atoms with van der Waals surface area (Å²) in [6, 6.07) is 5.71. The first-order valence-corrected chi connectivity index (χ1v) is 7.86. The second-order valence-electron chi connectivity index (χ2n) is 5.64. The van der Waals surface area contributed by atoms with E-state index in [9.17, 15) is 9.59 Å². The Labute approximate surface area is 139 Å². The van der Waals surface area contributed by atoms with Crippen LogP contribution < -0.4 is 20.7 Å². The molecule has 2 aliphatic heterocycles. The van der Waals surface area contributed by atoms with Gasteiger partial charge >= 0.3 is 5.69 Å². The largest absolute Gasteiger partial charge is 0.489 e. The summed E-state index contributed by atoms with van der Waals surface area (Å²) < 4.78 is 14.7. The molecular formula is C16H13BrN2O4. The molecule has 0 bridgehead atoms. The molecule has 118 valence electrons. The second-order valence-corrected chi connectivity index (χ2v) is 6.55. The molecule has 0 saturated carbocycles. The molecular weight excluding hydrogens is 364 g/mol. The maximum absolute atomic E-state index is 12.7. The van der Waals surface area contributed by atoms with E-state index in [0.29, 0.717) is 18.1 Å². The van der Waals surface area contributed by atoms with Crippen molar-refractivity contribution >= 4 is 15.9 Å². The molecule has 0 N–H and O–H groups in total. The monoisotopic (exact) mass is 376 g/mol. The molecule has 0 fully saturated rings. The number of benzene rings is 1. The van der Waals surface area contributed by atoms with Crippen molar-refractivity contribution in [3.63, 3.8) is 0 Å². The minimum Gasteiger partial charge on any atom is -0.489 e. The van der Waals surface area contributed by atoms with Gasteiger partial charge in [-0.05, 0) is 18.2 Å². The maximum Gasteiger partial charge on any atom is 0.333 e. The van der Waals surface area contributed by atoms with Crippen molar-refractivity contribution < 1.29 is 9.47 Å². The van der Waals surface area contributed by atoms with Gasteiger partial charge in [0.2, 0.25) is 5.88 Å². The Hall–Kier alpha value is -2.28. The quantitative estimate of drug-likeness (QED) is 0.701. The molecule has 6 nitrogen and oxygen atoms in total. The Morgan fingerprint density at radius 3 is 2.78 bits per heavy atom. The van der Waals surface area contributed by atoms with E-state index in [1.54, 1.807) is 13.3 Å². The Bertz CT molecular complexity index is 987. The fourth-order valence-corrected chi connectivity index (χ4v) is 3.51. The molecule has 0 spiro atoms. The number of aromatic nitrogens is 2. The predicted octanol–water partition coefficient (Wildman–Crippen LogP) is 1.65. The van der Waals surface area contributed by atoms with Gasteiger partial charge in [-0.1, -0.05) is 15.9 Å². The van der Waals surface area contributed by atoms with Crippen LogP contribution in [0.1, 0.15) is 17.0 Å². The predicted molar refractivity (Wildman–Crippen MR) is 87.1 cm³/mol. The second kappa shape index (κ2) is 4.86. The first-order valence-electron chi connectivity index (χ1n) is 7.06. The van der Waals surface area contributed by atoms with Gasteiger partial charge in [0, 0.05) is 29.7 Å². The molecule has 0 amide bonds. The highest BCUT2D eigenvalue weighted by Crippen LogP contribution is 2.45. The summed E-state index contributed by atoms with van der Waals surface area (Å²) in [4.78, 5) is 24.8. The molecule has 0 aliphatic carbocycles. The van der Waals surface area contributed by atoms with Crippen molar-refractivity contribution in [2.75, 3.05) is 6.61 Å². The highest BCUT2D eigenvalue weighted by molar-refractivity contribution is 9.10. The van der Waals surface area contributed by atoms with Gasteiger partial charge in [-0.15, -0.1) is 0 Å². The van der Waals surface area contributed by atoms with E-state index < -0.39 is 5.69 Å². The Morgan fingerprint density at radius 1 is 1.22 bits per heavy atom. The lowest BCUT2D eigenvalue weighted by atomic mass is 9.83. The molecule has 1 unspecified atom stereocenters. The Kier molecular flexibility index (Phi) is 3.02. The topological polar surface area (TPSA) is 62.5 Å². The van der Waals surface area contributed by atoms with Crippen LogP contribution in [-0.4, -0.2) is 15.7 Å². The smallest absolute Gasteiger partial charge is 0.333 e. The lowest BCUT2D eigenvalue weighted by Gasteiger charge is -2.32. The van der Waals surface area contributed by atoms with Gasteiger partial charge in [0.05, 0.1) is 17.7 Å². The van der Waals surface area contributed by atoms with Crippen LogP contribution in [-0.2, 0) is 14.1 Å². The molecule has 0 saturated heterocycles. The lowest BCUT2D eigenvalue weighted by Crippen LogP contribution is -2.42. The van der Waals surface area contributed by atoms with Gasteiger partial charge in [0.1, 0.15) is 12.4 Å². The van der Waals surface area contributed by atoms with Crippen LogP contribution in [0.2, 0.25) is 0 Å². The van der Waals surface area contributed by atoms with Gasteiger partial charge in [0.25, 0.3) is 5.56 Å². The average molecular weight is 377 g/mol. The summed E-state index contributed by atoms with van der Waals surface area (Å²) in [5, 5.41) is 0.